The molecule has 2 aromatic carbocycles. The molecule has 26 heavy (non-hydrogen) atoms. The predicted molar refractivity (Wildman–Crippen MR) is 92.3 cm³/mol. The normalized spacial score (nSPS) is 10.3. The van der Waals surface area contributed by atoms with E-state index in [2.05, 4.69) is 21.2 Å². The van der Waals surface area contributed by atoms with Crippen LogP contribution in [0.25, 0.3) is 0 Å². The van der Waals surface area contributed by atoms with Crippen LogP contribution in [0, 0.1) is 15.9 Å². The summed E-state index contributed by atoms with van der Waals surface area (Å²) in [5.41, 5.74) is 2.88. The molecular weight excluding hydrogens is 345 g/mol. The molecule has 0 saturated heterocycles. The Morgan fingerprint density at radius 1 is 1.19 bits per heavy atom. The summed E-state index contributed by atoms with van der Waals surface area (Å²) in [7, 11) is 0. The van der Waals surface area contributed by atoms with Gasteiger partial charge in [-0.3, -0.25) is 14.9 Å². The molecule has 2 aromatic rings. The monoisotopic (exact) mass is 359 g/mol. The number of urea groups is 1. The SMILES string of the molecule is O=C(CNC(=O)Nc1ccc(F)cc1)N/N=C/c1cccc([N+](=O)[O-])c1. The Hall–Kier alpha value is -3.82. The van der Waals surface area contributed by atoms with Gasteiger partial charge in [0, 0.05) is 23.4 Å². The van der Waals surface area contributed by atoms with Crippen LogP contribution in [0.2, 0.25) is 0 Å². The number of nitrogens with one attached hydrogen (secondary N) is 3. The minimum absolute atomic E-state index is 0.0978. The molecule has 0 aromatic heterocycles. The Morgan fingerprint density at radius 2 is 1.92 bits per heavy atom. The van der Waals surface area contributed by atoms with E-state index < -0.39 is 22.7 Å². The van der Waals surface area contributed by atoms with E-state index >= 15 is 0 Å². The summed E-state index contributed by atoms with van der Waals surface area (Å²) in [6.45, 7) is -0.348. The average Bonchev–Trinajstić information content (AvgIpc) is 2.62. The number of carbonyl (C=O) groups excluding carboxylic acids is 2. The molecule has 0 atom stereocenters. The molecule has 0 bridgehead atoms. The van der Waals surface area contributed by atoms with Gasteiger partial charge in [0.25, 0.3) is 11.6 Å². The summed E-state index contributed by atoms with van der Waals surface area (Å²) in [5, 5.41) is 19.0. The Balaban J connectivity index is 1.76. The van der Waals surface area contributed by atoms with Gasteiger partial charge < -0.3 is 10.6 Å². The van der Waals surface area contributed by atoms with Crippen LogP contribution in [0.3, 0.4) is 0 Å². The zero-order valence-electron chi connectivity index (χ0n) is 13.3. The molecule has 3 N–H and O–H groups in total. The Morgan fingerprint density at radius 3 is 2.62 bits per heavy atom. The number of nitro groups is 1. The number of non-ortho nitro benzene ring substituents is 1. The van der Waals surface area contributed by atoms with Crippen molar-refractivity contribution >= 4 is 29.5 Å². The lowest BCUT2D eigenvalue weighted by molar-refractivity contribution is -0.384. The fraction of sp³-hybridized carbons (Fsp3) is 0.0625. The minimum Gasteiger partial charge on any atom is -0.329 e. The summed E-state index contributed by atoms with van der Waals surface area (Å²) < 4.78 is 12.8. The Bertz CT molecular complexity index is 839. The number of halogens is 1. The second-order valence-electron chi connectivity index (χ2n) is 4.96. The lowest BCUT2D eigenvalue weighted by Crippen LogP contribution is -2.37. The van der Waals surface area contributed by atoms with Crippen molar-refractivity contribution in [3.8, 4) is 0 Å². The van der Waals surface area contributed by atoms with Crippen LogP contribution in [0.5, 0.6) is 0 Å². The highest BCUT2D eigenvalue weighted by atomic mass is 19.1. The van der Waals surface area contributed by atoms with E-state index in [9.17, 15) is 24.1 Å². The topological polar surface area (TPSA) is 126 Å². The third-order valence-corrected chi connectivity index (χ3v) is 3.00. The predicted octanol–water partition coefficient (Wildman–Crippen LogP) is 2.01. The molecule has 0 saturated carbocycles. The minimum atomic E-state index is -0.644. The van der Waals surface area contributed by atoms with Crippen LogP contribution in [0.1, 0.15) is 5.56 Å². The number of benzene rings is 2. The smallest absolute Gasteiger partial charge is 0.319 e. The molecule has 0 spiro atoms. The standard InChI is InChI=1S/C16H14FN5O4/c17-12-4-6-13(7-5-12)20-16(24)18-10-15(23)21-19-9-11-2-1-3-14(8-11)22(25)26/h1-9H,10H2,(H,21,23)(H2,18,20,24)/b19-9+. The van der Waals surface area contributed by atoms with E-state index in [0.717, 1.165) is 0 Å². The van der Waals surface area contributed by atoms with Gasteiger partial charge in [0.2, 0.25) is 0 Å². The molecule has 134 valence electrons. The number of hydrazone groups is 1. The number of nitrogens with zero attached hydrogens (tertiary/aromatic N) is 2. The molecule has 9 nitrogen and oxygen atoms in total. The van der Waals surface area contributed by atoms with E-state index in [1.54, 1.807) is 6.07 Å². The fourth-order valence-electron chi connectivity index (χ4n) is 1.81. The highest BCUT2D eigenvalue weighted by Gasteiger charge is 2.06. The number of hydrogen-bond acceptors (Lipinski definition) is 5. The Labute approximate surface area is 147 Å². The Kier molecular flexibility index (Phi) is 6.32. The van der Waals surface area contributed by atoms with Crippen molar-refractivity contribution in [1.29, 1.82) is 0 Å². The van der Waals surface area contributed by atoms with Gasteiger partial charge in [0.1, 0.15) is 12.4 Å². The summed E-state index contributed by atoms with van der Waals surface area (Å²) in [6.07, 6.45) is 1.24. The summed E-state index contributed by atoms with van der Waals surface area (Å²) in [4.78, 5) is 33.3. The van der Waals surface area contributed by atoms with Gasteiger partial charge in [0.15, 0.2) is 0 Å². The van der Waals surface area contributed by atoms with Gasteiger partial charge in [-0.25, -0.2) is 14.6 Å². The zero-order chi connectivity index (χ0) is 18.9. The van der Waals surface area contributed by atoms with Gasteiger partial charge in [-0.05, 0) is 24.3 Å². The summed E-state index contributed by atoms with van der Waals surface area (Å²) in [5.74, 6) is -1.03. The fourth-order valence-corrected chi connectivity index (χ4v) is 1.81. The highest BCUT2D eigenvalue weighted by Crippen LogP contribution is 2.11. The number of carbonyl (C=O) groups is 2. The lowest BCUT2D eigenvalue weighted by Gasteiger charge is -2.06. The van der Waals surface area contributed by atoms with Gasteiger partial charge >= 0.3 is 6.03 Å². The van der Waals surface area contributed by atoms with Crippen molar-refractivity contribution in [1.82, 2.24) is 10.7 Å². The third kappa shape index (κ3) is 6.00. The second kappa shape index (κ2) is 8.87. The van der Waals surface area contributed by atoms with E-state index in [1.807, 2.05) is 0 Å². The lowest BCUT2D eigenvalue weighted by atomic mass is 10.2. The van der Waals surface area contributed by atoms with Gasteiger partial charge in [0.05, 0.1) is 11.1 Å². The molecule has 0 aliphatic rings. The first-order valence-corrected chi connectivity index (χ1v) is 7.31. The first-order valence-electron chi connectivity index (χ1n) is 7.31. The van der Waals surface area contributed by atoms with Crippen LogP contribution >= 0.6 is 0 Å². The summed E-state index contributed by atoms with van der Waals surface area (Å²) in [6, 6.07) is 10.2. The first-order chi connectivity index (χ1) is 12.4. The molecule has 0 heterocycles. The molecule has 10 heteroatoms. The zero-order valence-corrected chi connectivity index (χ0v) is 13.3. The molecule has 0 unspecified atom stereocenters. The molecule has 3 amide bonds. The van der Waals surface area contributed by atoms with Crippen LogP contribution in [-0.2, 0) is 4.79 Å². The quantitative estimate of drug-likeness (QED) is 0.414. The third-order valence-electron chi connectivity index (χ3n) is 3.00. The van der Waals surface area contributed by atoms with Crippen molar-refractivity contribution in [3.05, 3.63) is 70.0 Å². The number of amides is 3. The van der Waals surface area contributed by atoms with Crippen molar-refractivity contribution < 1.29 is 18.9 Å². The van der Waals surface area contributed by atoms with Crippen molar-refractivity contribution in [2.45, 2.75) is 0 Å². The van der Waals surface area contributed by atoms with Crippen LogP contribution in [0.4, 0.5) is 20.6 Å². The molecule has 2 rings (SSSR count). The van der Waals surface area contributed by atoms with E-state index in [0.29, 0.717) is 11.3 Å². The van der Waals surface area contributed by atoms with E-state index in [4.69, 9.17) is 0 Å². The van der Waals surface area contributed by atoms with E-state index in [-0.39, 0.29) is 12.2 Å². The number of anilines is 1. The average molecular weight is 359 g/mol. The maximum atomic E-state index is 12.8. The first kappa shape index (κ1) is 18.5. The maximum Gasteiger partial charge on any atom is 0.319 e. The molecule has 0 radical (unpaired) electrons. The largest absolute Gasteiger partial charge is 0.329 e. The molecule has 0 aliphatic carbocycles. The van der Waals surface area contributed by atoms with Gasteiger partial charge in [-0.1, -0.05) is 12.1 Å². The maximum absolute atomic E-state index is 12.8. The molecule has 0 aliphatic heterocycles. The van der Waals surface area contributed by atoms with Crippen LogP contribution < -0.4 is 16.1 Å². The van der Waals surface area contributed by atoms with Crippen LogP contribution in [0.15, 0.2) is 53.6 Å². The molecule has 0 fully saturated rings. The van der Waals surface area contributed by atoms with Crippen molar-refractivity contribution in [2.75, 3.05) is 11.9 Å². The van der Waals surface area contributed by atoms with Crippen LogP contribution in [-0.4, -0.2) is 29.6 Å². The van der Waals surface area contributed by atoms with E-state index in [1.165, 1.54) is 48.7 Å². The van der Waals surface area contributed by atoms with Gasteiger partial charge in [-0.2, -0.15) is 5.10 Å². The van der Waals surface area contributed by atoms with Crippen molar-refractivity contribution in [2.24, 2.45) is 5.10 Å². The summed E-state index contributed by atoms with van der Waals surface area (Å²) >= 11 is 0. The number of nitro benzene ring substituents is 1. The highest BCUT2D eigenvalue weighted by molar-refractivity contribution is 5.92. The number of rotatable bonds is 6. The number of hydrogen-bond donors (Lipinski definition) is 3. The van der Waals surface area contributed by atoms with Crippen molar-refractivity contribution in [3.63, 3.8) is 0 Å². The molecular formula is C16H14FN5O4. The second-order valence-corrected chi connectivity index (χ2v) is 4.96. The van der Waals surface area contributed by atoms with Gasteiger partial charge in [-0.15, -0.1) is 0 Å².